The Morgan fingerprint density at radius 3 is 2.15 bits per heavy atom. The van der Waals surface area contributed by atoms with Gasteiger partial charge in [-0.05, 0) is 46.7 Å². The van der Waals surface area contributed by atoms with Crippen LogP contribution >= 0.6 is 0 Å². The maximum Gasteiger partial charge on any atom is 0.161 e. The molecule has 0 bridgehead atoms. The molecular weight excluding hydrogens is 338 g/mol. The second-order valence-corrected chi connectivity index (χ2v) is 6.91. The second kappa shape index (κ2) is 7.49. The minimum absolute atomic E-state index is 0.799. The van der Waals surface area contributed by atoms with Crippen molar-refractivity contribution < 1.29 is 14.2 Å². The first-order valence-electron chi connectivity index (χ1n) is 9.24. The van der Waals surface area contributed by atoms with Gasteiger partial charge < -0.3 is 14.2 Å². The van der Waals surface area contributed by atoms with Gasteiger partial charge in [0.15, 0.2) is 11.5 Å². The van der Waals surface area contributed by atoms with Crippen LogP contribution in [-0.4, -0.2) is 32.8 Å². The lowest BCUT2D eigenvalue weighted by Crippen LogP contribution is -2.30. The summed E-state index contributed by atoms with van der Waals surface area (Å²) >= 11 is 0. The third kappa shape index (κ3) is 3.33. The highest BCUT2D eigenvalue weighted by Gasteiger charge is 2.20. The molecule has 0 unspecified atom stereocenters. The number of fused-ring (bicyclic) bond motifs is 2. The van der Waals surface area contributed by atoms with E-state index in [0.29, 0.717) is 0 Å². The molecule has 140 valence electrons. The van der Waals surface area contributed by atoms with Crippen molar-refractivity contribution >= 4 is 10.8 Å². The zero-order valence-corrected chi connectivity index (χ0v) is 16.1. The molecule has 0 saturated heterocycles. The van der Waals surface area contributed by atoms with Gasteiger partial charge in [0.2, 0.25) is 0 Å². The van der Waals surface area contributed by atoms with E-state index < -0.39 is 0 Å². The first-order valence-corrected chi connectivity index (χ1v) is 9.24. The molecule has 3 aromatic rings. The molecule has 0 aliphatic carbocycles. The van der Waals surface area contributed by atoms with Gasteiger partial charge in [0, 0.05) is 25.0 Å². The fourth-order valence-corrected chi connectivity index (χ4v) is 3.97. The molecule has 0 spiro atoms. The largest absolute Gasteiger partial charge is 0.496 e. The molecule has 1 heterocycles. The predicted octanol–water partition coefficient (Wildman–Crippen LogP) is 4.42. The molecule has 3 aromatic carbocycles. The quantitative estimate of drug-likeness (QED) is 0.671. The second-order valence-electron chi connectivity index (χ2n) is 6.91. The van der Waals surface area contributed by atoms with Crippen molar-refractivity contribution in [1.29, 1.82) is 0 Å². The number of hydrogen-bond acceptors (Lipinski definition) is 4. The Kier molecular flexibility index (Phi) is 4.90. The van der Waals surface area contributed by atoms with Gasteiger partial charge in [-0.15, -0.1) is 0 Å². The molecule has 0 saturated carbocycles. The Morgan fingerprint density at radius 2 is 1.44 bits per heavy atom. The van der Waals surface area contributed by atoms with E-state index in [1.54, 1.807) is 21.3 Å². The topological polar surface area (TPSA) is 30.9 Å². The smallest absolute Gasteiger partial charge is 0.161 e. The summed E-state index contributed by atoms with van der Waals surface area (Å²) in [6, 6.07) is 17.0. The van der Waals surface area contributed by atoms with Crippen molar-refractivity contribution in [3.63, 3.8) is 0 Å². The van der Waals surface area contributed by atoms with E-state index in [1.165, 1.54) is 27.5 Å². The molecule has 0 atom stereocenters. The van der Waals surface area contributed by atoms with Crippen LogP contribution in [0.1, 0.15) is 16.7 Å². The van der Waals surface area contributed by atoms with Crippen LogP contribution in [0.5, 0.6) is 17.2 Å². The number of nitrogens with zero attached hydrogens (tertiary/aromatic N) is 1. The van der Waals surface area contributed by atoms with Crippen LogP contribution in [0.25, 0.3) is 10.8 Å². The van der Waals surface area contributed by atoms with Gasteiger partial charge in [-0.1, -0.05) is 30.3 Å². The molecule has 0 aromatic heterocycles. The Labute approximate surface area is 160 Å². The molecule has 0 amide bonds. The van der Waals surface area contributed by atoms with Crippen LogP contribution in [0.3, 0.4) is 0 Å². The van der Waals surface area contributed by atoms with E-state index in [9.17, 15) is 0 Å². The molecule has 4 nitrogen and oxygen atoms in total. The van der Waals surface area contributed by atoms with Crippen LogP contribution in [0.15, 0.2) is 48.5 Å². The Bertz CT molecular complexity index is 967. The first kappa shape index (κ1) is 17.7. The number of methoxy groups -OCH3 is 3. The van der Waals surface area contributed by atoms with Crippen molar-refractivity contribution in [2.75, 3.05) is 27.9 Å². The van der Waals surface area contributed by atoms with E-state index in [4.69, 9.17) is 14.2 Å². The lowest BCUT2D eigenvalue weighted by Gasteiger charge is -2.30. The summed E-state index contributed by atoms with van der Waals surface area (Å²) in [4.78, 5) is 2.49. The van der Waals surface area contributed by atoms with E-state index in [2.05, 4.69) is 53.4 Å². The maximum absolute atomic E-state index is 5.53. The zero-order valence-electron chi connectivity index (χ0n) is 16.1. The molecule has 0 radical (unpaired) electrons. The summed E-state index contributed by atoms with van der Waals surface area (Å²) in [5, 5.41) is 2.43. The van der Waals surface area contributed by atoms with Crippen LogP contribution in [0.4, 0.5) is 0 Å². The standard InChI is InChI=1S/C23H25NO3/c1-25-21-9-8-17(19-6-4-5-7-20(19)21)14-24-11-10-16-12-22(26-2)23(27-3)13-18(16)15-24/h4-9,12-13H,10-11,14-15H2,1-3H3. The first-order chi connectivity index (χ1) is 13.2. The van der Waals surface area contributed by atoms with Crippen LogP contribution in [0.2, 0.25) is 0 Å². The van der Waals surface area contributed by atoms with Crippen molar-refractivity contribution in [2.24, 2.45) is 0 Å². The van der Waals surface area contributed by atoms with E-state index in [0.717, 1.165) is 43.3 Å². The molecular formula is C23H25NO3. The van der Waals surface area contributed by atoms with Crippen LogP contribution < -0.4 is 14.2 Å². The third-order valence-corrected chi connectivity index (χ3v) is 5.39. The minimum atomic E-state index is 0.799. The van der Waals surface area contributed by atoms with Crippen molar-refractivity contribution in [3.8, 4) is 17.2 Å². The summed E-state index contributed by atoms with van der Waals surface area (Å²) < 4.78 is 16.5. The summed E-state index contributed by atoms with van der Waals surface area (Å²) in [5.41, 5.74) is 4.00. The molecule has 4 rings (SSSR count). The molecule has 27 heavy (non-hydrogen) atoms. The van der Waals surface area contributed by atoms with Crippen LogP contribution in [-0.2, 0) is 19.5 Å². The van der Waals surface area contributed by atoms with Crippen molar-refractivity contribution in [2.45, 2.75) is 19.5 Å². The third-order valence-electron chi connectivity index (χ3n) is 5.39. The maximum atomic E-state index is 5.53. The highest BCUT2D eigenvalue weighted by atomic mass is 16.5. The van der Waals surface area contributed by atoms with E-state index in [-0.39, 0.29) is 0 Å². The Hall–Kier alpha value is -2.72. The van der Waals surface area contributed by atoms with E-state index in [1.807, 2.05) is 0 Å². The molecule has 4 heteroatoms. The fourth-order valence-electron chi connectivity index (χ4n) is 3.97. The average Bonchev–Trinajstić information content (AvgIpc) is 2.73. The summed E-state index contributed by atoms with van der Waals surface area (Å²) in [6.45, 7) is 2.86. The lowest BCUT2D eigenvalue weighted by atomic mass is 9.97. The Balaban J connectivity index is 1.61. The van der Waals surface area contributed by atoms with Crippen molar-refractivity contribution in [1.82, 2.24) is 4.90 Å². The normalized spacial score (nSPS) is 14.0. The molecule has 1 aliphatic heterocycles. The zero-order chi connectivity index (χ0) is 18.8. The summed E-state index contributed by atoms with van der Waals surface area (Å²) in [6.07, 6.45) is 1.02. The number of benzene rings is 3. The van der Waals surface area contributed by atoms with Gasteiger partial charge in [-0.25, -0.2) is 0 Å². The van der Waals surface area contributed by atoms with Crippen LogP contribution in [0, 0.1) is 0 Å². The molecule has 0 N–H and O–H groups in total. The average molecular weight is 363 g/mol. The summed E-state index contributed by atoms with van der Waals surface area (Å²) in [5.74, 6) is 2.54. The van der Waals surface area contributed by atoms with Gasteiger partial charge in [0.05, 0.1) is 21.3 Å². The number of rotatable bonds is 5. The Morgan fingerprint density at radius 1 is 0.778 bits per heavy atom. The number of ether oxygens (including phenoxy) is 3. The fraction of sp³-hybridized carbons (Fsp3) is 0.304. The lowest BCUT2D eigenvalue weighted by molar-refractivity contribution is 0.245. The summed E-state index contributed by atoms with van der Waals surface area (Å²) in [7, 11) is 5.10. The van der Waals surface area contributed by atoms with Crippen molar-refractivity contribution in [3.05, 3.63) is 65.2 Å². The predicted molar refractivity (Wildman–Crippen MR) is 108 cm³/mol. The SMILES string of the molecule is COc1cc2c(cc1OC)CN(Cc1ccc(OC)c3ccccc13)CC2. The number of hydrogen-bond donors (Lipinski definition) is 0. The van der Waals surface area contributed by atoms with Gasteiger partial charge in [-0.2, -0.15) is 0 Å². The van der Waals surface area contributed by atoms with Gasteiger partial charge in [-0.3, -0.25) is 4.90 Å². The minimum Gasteiger partial charge on any atom is -0.496 e. The monoisotopic (exact) mass is 363 g/mol. The highest BCUT2D eigenvalue weighted by molar-refractivity contribution is 5.91. The van der Waals surface area contributed by atoms with Gasteiger partial charge >= 0.3 is 0 Å². The molecule has 1 aliphatic rings. The van der Waals surface area contributed by atoms with Gasteiger partial charge in [0.25, 0.3) is 0 Å². The van der Waals surface area contributed by atoms with E-state index >= 15 is 0 Å². The van der Waals surface area contributed by atoms with Gasteiger partial charge in [0.1, 0.15) is 5.75 Å². The molecule has 0 fully saturated rings. The highest BCUT2D eigenvalue weighted by Crippen LogP contribution is 2.34.